The van der Waals surface area contributed by atoms with Gasteiger partial charge in [0.2, 0.25) is 12.2 Å². The molecule has 0 spiro atoms. The lowest BCUT2D eigenvalue weighted by atomic mass is 9.90. The van der Waals surface area contributed by atoms with E-state index in [-0.39, 0.29) is 23.5 Å². The first kappa shape index (κ1) is 25.1. The molecule has 3 heterocycles. The fourth-order valence-corrected chi connectivity index (χ4v) is 4.69. The molecule has 2 unspecified atom stereocenters. The van der Waals surface area contributed by atoms with Crippen molar-refractivity contribution in [3.05, 3.63) is 41.7 Å². The van der Waals surface area contributed by atoms with Crippen molar-refractivity contribution in [1.82, 2.24) is 9.97 Å². The Bertz CT molecular complexity index is 1030. The van der Waals surface area contributed by atoms with Gasteiger partial charge in [0.1, 0.15) is 23.9 Å². The average molecular weight is 488 g/mol. The summed E-state index contributed by atoms with van der Waals surface area (Å²) < 4.78 is 36.6. The van der Waals surface area contributed by atoms with Crippen LogP contribution < -0.4 is 14.5 Å². The first-order valence-corrected chi connectivity index (χ1v) is 12.4. The van der Waals surface area contributed by atoms with Gasteiger partial charge in [0, 0.05) is 30.9 Å². The lowest BCUT2D eigenvalue weighted by Gasteiger charge is -2.36. The smallest absolute Gasteiger partial charge is 0.225 e. The summed E-state index contributed by atoms with van der Waals surface area (Å²) in [6.07, 6.45) is 7.66. The van der Waals surface area contributed by atoms with E-state index in [9.17, 15) is 4.39 Å². The van der Waals surface area contributed by atoms with E-state index in [1.165, 1.54) is 23.4 Å². The predicted molar refractivity (Wildman–Crippen MR) is 133 cm³/mol. The van der Waals surface area contributed by atoms with Crippen LogP contribution >= 0.6 is 0 Å². The Morgan fingerprint density at radius 2 is 1.80 bits per heavy atom. The SMILES string of the molecule is CCc1cnc(N2CCC(C(CC)Oc3ccc(F)c(N4C=NOC4C(C)(C)C)c3F)CC2)nc1. The van der Waals surface area contributed by atoms with Crippen LogP contribution in [0.5, 0.6) is 5.75 Å². The number of piperidine rings is 1. The molecule has 1 aromatic carbocycles. The zero-order valence-electron chi connectivity index (χ0n) is 21.2. The van der Waals surface area contributed by atoms with Crippen molar-refractivity contribution < 1.29 is 18.4 Å². The van der Waals surface area contributed by atoms with Gasteiger partial charge in [0.15, 0.2) is 11.6 Å². The van der Waals surface area contributed by atoms with E-state index in [4.69, 9.17) is 9.57 Å². The zero-order valence-corrected chi connectivity index (χ0v) is 21.2. The van der Waals surface area contributed by atoms with Crippen molar-refractivity contribution in [1.29, 1.82) is 0 Å². The summed E-state index contributed by atoms with van der Waals surface area (Å²) in [7, 11) is 0. The molecule has 7 nitrogen and oxygen atoms in total. The van der Waals surface area contributed by atoms with Crippen molar-refractivity contribution in [2.75, 3.05) is 22.9 Å². The molecule has 4 rings (SSSR count). The second-order valence-corrected chi connectivity index (χ2v) is 10.3. The average Bonchev–Trinajstić information content (AvgIpc) is 3.34. The minimum Gasteiger partial charge on any atom is -0.487 e. The molecule has 0 N–H and O–H groups in total. The van der Waals surface area contributed by atoms with Crippen molar-refractivity contribution in [2.45, 2.75) is 72.6 Å². The van der Waals surface area contributed by atoms with Gasteiger partial charge < -0.3 is 14.5 Å². The standard InChI is InChI=1S/C26H35F2N5O2/c1-6-17-14-29-25(30-15-17)32-12-10-18(11-13-32)20(7-2)34-21-9-8-19(27)23(22(21)28)33-16-31-35-24(33)26(3,4)5/h8-9,14-16,18,20,24H,6-7,10-13H2,1-5H3. The van der Waals surface area contributed by atoms with Crippen LogP contribution in [-0.4, -0.2) is 41.7 Å². The lowest BCUT2D eigenvalue weighted by molar-refractivity contribution is 0.00903. The summed E-state index contributed by atoms with van der Waals surface area (Å²) in [5.41, 5.74) is 0.498. The maximum absolute atomic E-state index is 15.6. The number of nitrogens with zero attached hydrogens (tertiary/aromatic N) is 5. The Balaban J connectivity index is 1.46. The van der Waals surface area contributed by atoms with Gasteiger partial charge in [-0.2, -0.15) is 0 Å². The van der Waals surface area contributed by atoms with Crippen molar-refractivity contribution in [3.8, 4) is 5.75 Å². The molecule has 1 aromatic heterocycles. The van der Waals surface area contributed by atoms with Crippen LogP contribution in [0, 0.1) is 23.0 Å². The molecule has 2 atom stereocenters. The first-order valence-electron chi connectivity index (χ1n) is 12.4. The number of hydrogen-bond donors (Lipinski definition) is 0. The van der Waals surface area contributed by atoms with Crippen molar-refractivity contribution in [2.24, 2.45) is 16.5 Å². The molecule has 2 aromatic rings. The monoisotopic (exact) mass is 487 g/mol. The molecule has 35 heavy (non-hydrogen) atoms. The highest BCUT2D eigenvalue weighted by atomic mass is 19.1. The third-order valence-corrected chi connectivity index (χ3v) is 6.74. The fraction of sp³-hybridized carbons (Fsp3) is 0.577. The van der Waals surface area contributed by atoms with Gasteiger partial charge >= 0.3 is 0 Å². The van der Waals surface area contributed by atoms with Crippen molar-refractivity contribution >= 4 is 18.0 Å². The molecule has 190 valence electrons. The van der Waals surface area contributed by atoms with Crippen molar-refractivity contribution in [3.63, 3.8) is 0 Å². The summed E-state index contributed by atoms with van der Waals surface area (Å²) in [6.45, 7) is 11.5. The van der Waals surface area contributed by atoms with Crippen LogP contribution in [0.2, 0.25) is 0 Å². The maximum Gasteiger partial charge on any atom is 0.225 e. The highest BCUT2D eigenvalue weighted by Crippen LogP contribution is 2.38. The molecule has 0 radical (unpaired) electrons. The molecule has 0 amide bonds. The second-order valence-electron chi connectivity index (χ2n) is 10.3. The van der Waals surface area contributed by atoms with Gasteiger partial charge in [-0.15, -0.1) is 0 Å². The summed E-state index contributed by atoms with van der Waals surface area (Å²) in [5.74, 6) is -0.389. The van der Waals surface area contributed by atoms with E-state index in [0.29, 0.717) is 0 Å². The van der Waals surface area contributed by atoms with Crippen LogP contribution in [0.25, 0.3) is 0 Å². The molecule has 2 aliphatic heterocycles. The molecule has 9 heteroatoms. The summed E-state index contributed by atoms with van der Waals surface area (Å²) in [6, 6.07) is 2.61. The van der Waals surface area contributed by atoms with Gasteiger partial charge in [-0.25, -0.2) is 18.7 Å². The number of aryl methyl sites for hydroxylation is 1. The predicted octanol–water partition coefficient (Wildman–Crippen LogP) is 5.54. The normalized spacial score (nSPS) is 19.7. The second kappa shape index (κ2) is 10.3. The number of rotatable bonds is 7. The number of halogens is 2. The van der Waals surface area contributed by atoms with E-state index < -0.39 is 23.3 Å². The van der Waals surface area contributed by atoms with Crippen LogP contribution in [0.3, 0.4) is 0 Å². The Kier molecular flexibility index (Phi) is 7.42. The van der Waals surface area contributed by atoms with E-state index in [2.05, 4.69) is 26.9 Å². The number of oxime groups is 1. The van der Waals surface area contributed by atoms with E-state index >= 15 is 4.39 Å². The number of anilines is 2. The Morgan fingerprint density at radius 1 is 1.11 bits per heavy atom. The number of hydrogen-bond acceptors (Lipinski definition) is 7. The summed E-state index contributed by atoms with van der Waals surface area (Å²) in [4.78, 5) is 18.0. The molecule has 0 aliphatic carbocycles. The Labute approximate surface area is 206 Å². The Morgan fingerprint density at radius 3 is 2.40 bits per heavy atom. The van der Waals surface area contributed by atoms with Gasteiger partial charge in [0.05, 0.1) is 0 Å². The van der Waals surface area contributed by atoms with Crippen LogP contribution in [-0.2, 0) is 11.3 Å². The van der Waals surface area contributed by atoms with Crippen LogP contribution in [0.4, 0.5) is 20.4 Å². The molecular formula is C26H35F2N5O2. The minimum absolute atomic E-state index is 0.0436. The van der Waals surface area contributed by atoms with E-state index in [0.717, 1.165) is 50.3 Å². The molecule has 1 fully saturated rings. The topological polar surface area (TPSA) is 63.1 Å². The highest BCUT2D eigenvalue weighted by Gasteiger charge is 2.39. The summed E-state index contributed by atoms with van der Waals surface area (Å²) >= 11 is 0. The van der Waals surface area contributed by atoms with Gasteiger partial charge in [0.25, 0.3) is 0 Å². The molecule has 0 saturated carbocycles. The maximum atomic E-state index is 15.6. The third-order valence-electron chi connectivity index (χ3n) is 6.74. The minimum atomic E-state index is -0.739. The largest absolute Gasteiger partial charge is 0.487 e. The first-order chi connectivity index (χ1) is 16.7. The molecule has 2 aliphatic rings. The lowest BCUT2D eigenvalue weighted by Crippen LogP contribution is -2.42. The molecular weight excluding hydrogens is 452 g/mol. The summed E-state index contributed by atoms with van der Waals surface area (Å²) in [5, 5.41) is 3.81. The quantitative estimate of drug-likeness (QED) is 0.511. The Hall–Kier alpha value is -2.97. The zero-order chi connectivity index (χ0) is 25.2. The molecule has 0 bridgehead atoms. The van der Waals surface area contributed by atoms with Crippen LogP contribution in [0.15, 0.2) is 29.7 Å². The van der Waals surface area contributed by atoms with E-state index in [1.54, 1.807) is 0 Å². The fourth-order valence-electron chi connectivity index (χ4n) is 4.69. The van der Waals surface area contributed by atoms with Crippen LogP contribution in [0.1, 0.15) is 59.4 Å². The van der Waals surface area contributed by atoms with Gasteiger partial charge in [-0.3, -0.25) is 4.90 Å². The molecule has 1 saturated heterocycles. The van der Waals surface area contributed by atoms with Gasteiger partial charge in [-0.05, 0) is 49.3 Å². The number of aromatic nitrogens is 2. The number of benzene rings is 1. The highest BCUT2D eigenvalue weighted by molar-refractivity contribution is 5.81. The number of ether oxygens (including phenoxy) is 1. The third kappa shape index (κ3) is 5.33. The van der Waals surface area contributed by atoms with E-state index in [1.807, 2.05) is 40.1 Å². The van der Waals surface area contributed by atoms with Gasteiger partial charge in [-0.1, -0.05) is 39.8 Å².